The first kappa shape index (κ1) is 25.6. The molecule has 0 heterocycles. The minimum absolute atomic E-state index is 1.05. The second kappa shape index (κ2) is 27.3. The zero-order valence-electron chi connectivity index (χ0n) is 14.5. The summed E-state index contributed by atoms with van der Waals surface area (Å²) in [5.41, 5.74) is 0. The molecule has 0 rings (SSSR count). The molecule has 0 spiro atoms. The first-order chi connectivity index (χ1) is 10.8. The van der Waals surface area contributed by atoms with Crippen LogP contribution in [0.25, 0.3) is 0 Å². The standard InChI is InChI=1S/2C9H20S2/c2*10-8-6-4-2-1-3-5-7-9-11/h2*10-11H,1-9H2. The van der Waals surface area contributed by atoms with Crippen LogP contribution in [-0.2, 0) is 0 Å². The van der Waals surface area contributed by atoms with E-state index in [9.17, 15) is 0 Å². The third-order valence-corrected chi connectivity index (χ3v) is 4.90. The maximum Gasteiger partial charge on any atom is -0.00979 e. The van der Waals surface area contributed by atoms with Crippen molar-refractivity contribution in [2.45, 2.75) is 89.9 Å². The highest BCUT2D eigenvalue weighted by molar-refractivity contribution is 7.80. The summed E-state index contributed by atoms with van der Waals surface area (Å²) < 4.78 is 0. The Hall–Kier alpha value is 1.40. The van der Waals surface area contributed by atoms with E-state index in [0.717, 1.165) is 23.0 Å². The van der Waals surface area contributed by atoms with Gasteiger partial charge in [-0.1, -0.05) is 64.2 Å². The predicted molar refractivity (Wildman–Crippen MR) is 120 cm³/mol. The van der Waals surface area contributed by atoms with E-state index in [1.54, 1.807) is 0 Å². The van der Waals surface area contributed by atoms with Crippen LogP contribution in [0.5, 0.6) is 0 Å². The van der Waals surface area contributed by atoms with E-state index >= 15 is 0 Å². The molecule has 0 aromatic heterocycles. The van der Waals surface area contributed by atoms with Crippen LogP contribution in [0.1, 0.15) is 89.9 Å². The van der Waals surface area contributed by atoms with E-state index < -0.39 is 0 Å². The summed E-state index contributed by atoms with van der Waals surface area (Å²) in [6.45, 7) is 0. The molecule has 0 saturated heterocycles. The highest BCUT2D eigenvalue weighted by Crippen LogP contribution is 2.08. The Labute approximate surface area is 163 Å². The molecule has 4 heteroatoms. The van der Waals surface area contributed by atoms with Gasteiger partial charge >= 0.3 is 0 Å². The van der Waals surface area contributed by atoms with Gasteiger partial charge in [-0.05, 0) is 48.7 Å². The number of thiol groups is 4. The molecule has 0 aliphatic carbocycles. The van der Waals surface area contributed by atoms with Crippen molar-refractivity contribution in [3.05, 3.63) is 0 Å². The number of hydrogen-bond acceptors (Lipinski definition) is 4. The van der Waals surface area contributed by atoms with Gasteiger partial charge in [-0.25, -0.2) is 0 Å². The Morgan fingerprint density at radius 3 is 0.500 bits per heavy atom. The predicted octanol–water partition coefficient (Wildman–Crippen LogP) is 7.15. The van der Waals surface area contributed by atoms with Gasteiger partial charge in [-0.2, -0.15) is 50.5 Å². The van der Waals surface area contributed by atoms with Crippen LogP contribution < -0.4 is 0 Å². The molecular weight excluding hydrogens is 344 g/mol. The van der Waals surface area contributed by atoms with Gasteiger partial charge in [0.1, 0.15) is 0 Å². The molecule has 0 aromatic rings. The molecule has 0 radical (unpaired) electrons. The maximum atomic E-state index is 4.17. The molecule has 0 unspecified atom stereocenters. The monoisotopic (exact) mass is 384 g/mol. The molecule has 0 fully saturated rings. The summed E-state index contributed by atoms with van der Waals surface area (Å²) in [5, 5.41) is 0. The summed E-state index contributed by atoms with van der Waals surface area (Å²) in [6, 6.07) is 0. The summed E-state index contributed by atoms with van der Waals surface area (Å²) >= 11 is 16.7. The highest BCUT2D eigenvalue weighted by atomic mass is 32.1. The third-order valence-electron chi connectivity index (χ3n) is 3.63. The summed E-state index contributed by atoms with van der Waals surface area (Å²) in [4.78, 5) is 0. The van der Waals surface area contributed by atoms with Crippen LogP contribution in [0.2, 0.25) is 0 Å². The van der Waals surface area contributed by atoms with Gasteiger partial charge in [-0.3, -0.25) is 0 Å². The summed E-state index contributed by atoms with van der Waals surface area (Å²) in [7, 11) is 0. The fourth-order valence-electron chi connectivity index (χ4n) is 2.21. The lowest BCUT2D eigenvalue weighted by molar-refractivity contribution is 0.606. The van der Waals surface area contributed by atoms with E-state index in [1.165, 1.54) is 89.9 Å². The molecule has 22 heavy (non-hydrogen) atoms. The van der Waals surface area contributed by atoms with Gasteiger partial charge < -0.3 is 0 Å². The van der Waals surface area contributed by atoms with Crippen molar-refractivity contribution in [3.8, 4) is 0 Å². The van der Waals surface area contributed by atoms with Crippen molar-refractivity contribution in [1.82, 2.24) is 0 Å². The van der Waals surface area contributed by atoms with Crippen molar-refractivity contribution in [1.29, 1.82) is 0 Å². The average Bonchev–Trinajstić information content (AvgIpc) is 2.54. The maximum absolute atomic E-state index is 4.17. The highest BCUT2D eigenvalue weighted by Gasteiger charge is 1.90. The van der Waals surface area contributed by atoms with E-state index in [2.05, 4.69) is 50.5 Å². The number of hydrogen-bond donors (Lipinski definition) is 4. The van der Waals surface area contributed by atoms with Crippen molar-refractivity contribution in [3.63, 3.8) is 0 Å². The van der Waals surface area contributed by atoms with E-state index in [-0.39, 0.29) is 0 Å². The largest absolute Gasteiger partial charge is 0.179 e. The zero-order chi connectivity index (χ0) is 16.7. The lowest BCUT2D eigenvalue weighted by Crippen LogP contribution is -1.81. The molecule has 136 valence electrons. The Bertz CT molecular complexity index is 131. The van der Waals surface area contributed by atoms with Crippen LogP contribution in [-0.4, -0.2) is 23.0 Å². The molecule has 0 bridgehead atoms. The SMILES string of the molecule is SCCCCCCCCCS.SCCCCCCCCCS. The lowest BCUT2D eigenvalue weighted by Gasteiger charge is -1.98. The summed E-state index contributed by atoms with van der Waals surface area (Å²) in [5.74, 6) is 4.21. The lowest BCUT2D eigenvalue weighted by atomic mass is 10.1. The zero-order valence-corrected chi connectivity index (χ0v) is 18.1. The van der Waals surface area contributed by atoms with Crippen LogP contribution in [0.15, 0.2) is 0 Å². The van der Waals surface area contributed by atoms with Gasteiger partial charge in [0.15, 0.2) is 0 Å². The van der Waals surface area contributed by atoms with Crippen LogP contribution in [0.3, 0.4) is 0 Å². The minimum atomic E-state index is 1.05. The molecule has 0 amide bonds. The van der Waals surface area contributed by atoms with Gasteiger partial charge in [0.2, 0.25) is 0 Å². The van der Waals surface area contributed by atoms with E-state index in [0.29, 0.717) is 0 Å². The second-order valence-electron chi connectivity index (χ2n) is 5.84. The molecule has 0 aliphatic heterocycles. The molecule has 0 aliphatic rings. The fraction of sp³-hybridized carbons (Fsp3) is 1.00. The Balaban J connectivity index is 0. The van der Waals surface area contributed by atoms with Gasteiger partial charge in [0.05, 0.1) is 0 Å². The van der Waals surface area contributed by atoms with Gasteiger partial charge in [0, 0.05) is 0 Å². The van der Waals surface area contributed by atoms with Crippen molar-refractivity contribution >= 4 is 50.5 Å². The molecule has 0 saturated carbocycles. The summed E-state index contributed by atoms with van der Waals surface area (Å²) in [6.07, 6.45) is 19.0. The molecule has 0 aromatic carbocycles. The third kappa shape index (κ3) is 29.4. The van der Waals surface area contributed by atoms with E-state index in [1.807, 2.05) is 0 Å². The molecule has 0 nitrogen and oxygen atoms in total. The first-order valence-corrected chi connectivity index (χ1v) is 11.8. The minimum Gasteiger partial charge on any atom is -0.179 e. The molecule has 0 N–H and O–H groups in total. The molecule has 0 atom stereocenters. The smallest absolute Gasteiger partial charge is 0.00979 e. The number of unbranched alkanes of at least 4 members (excludes halogenated alkanes) is 12. The van der Waals surface area contributed by atoms with E-state index in [4.69, 9.17) is 0 Å². The van der Waals surface area contributed by atoms with Crippen LogP contribution in [0.4, 0.5) is 0 Å². The molecular formula is C18H40S4. The quantitative estimate of drug-likeness (QED) is 0.157. The van der Waals surface area contributed by atoms with Crippen molar-refractivity contribution < 1.29 is 0 Å². The second-order valence-corrected chi connectivity index (χ2v) is 7.63. The van der Waals surface area contributed by atoms with Crippen molar-refractivity contribution in [2.75, 3.05) is 23.0 Å². The topological polar surface area (TPSA) is 0 Å². The van der Waals surface area contributed by atoms with Crippen LogP contribution >= 0.6 is 50.5 Å². The first-order valence-electron chi connectivity index (χ1n) is 9.26. The average molecular weight is 385 g/mol. The normalized spacial score (nSPS) is 10.4. The Morgan fingerprint density at radius 1 is 0.227 bits per heavy atom. The fourth-order valence-corrected chi connectivity index (χ4v) is 3.11. The number of rotatable bonds is 16. The van der Waals surface area contributed by atoms with Gasteiger partial charge in [0.25, 0.3) is 0 Å². The van der Waals surface area contributed by atoms with Crippen molar-refractivity contribution in [2.24, 2.45) is 0 Å². The Morgan fingerprint density at radius 2 is 0.364 bits per heavy atom. The van der Waals surface area contributed by atoms with Crippen LogP contribution in [0, 0.1) is 0 Å². The van der Waals surface area contributed by atoms with Gasteiger partial charge in [-0.15, -0.1) is 0 Å². The Kier molecular flexibility index (Phi) is 31.8.